The van der Waals surface area contributed by atoms with Crippen molar-refractivity contribution in [2.75, 3.05) is 22.4 Å². The lowest BCUT2D eigenvalue weighted by Gasteiger charge is -2.36. The molecule has 0 saturated heterocycles. The van der Waals surface area contributed by atoms with Gasteiger partial charge in [-0.15, -0.1) is 0 Å². The minimum atomic E-state index is -0.466. The number of hydrogen-bond acceptors (Lipinski definition) is 7. The fourth-order valence-corrected chi connectivity index (χ4v) is 3.74. The molecule has 3 aromatic carbocycles. The van der Waals surface area contributed by atoms with Crippen LogP contribution in [0.1, 0.15) is 17.9 Å². The summed E-state index contributed by atoms with van der Waals surface area (Å²) in [7, 11) is 0. The number of hydrazine groups is 1. The van der Waals surface area contributed by atoms with Gasteiger partial charge in [-0.25, -0.2) is 4.99 Å². The Balaban J connectivity index is 1.44. The van der Waals surface area contributed by atoms with Gasteiger partial charge in [-0.3, -0.25) is 10.2 Å². The summed E-state index contributed by atoms with van der Waals surface area (Å²) in [6.45, 7) is 0.343. The van der Waals surface area contributed by atoms with E-state index < -0.39 is 5.92 Å². The molecule has 0 saturated carbocycles. The molecule has 0 bridgehead atoms. The van der Waals surface area contributed by atoms with Gasteiger partial charge in [0.05, 0.1) is 27.3 Å². The monoisotopic (exact) mass is 483 g/mol. The number of halogens is 2. The van der Waals surface area contributed by atoms with Gasteiger partial charge in [-0.1, -0.05) is 41.4 Å². The van der Waals surface area contributed by atoms with Crippen molar-refractivity contribution >= 4 is 57.8 Å². The minimum Gasteiger partial charge on any atom is -0.739 e. The number of anilines is 3. The fourth-order valence-electron chi connectivity index (χ4n) is 3.44. The third kappa shape index (κ3) is 5.37. The van der Waals surface area contributed by atoms with Crippen LogP contribution in [-0.4, -0.2) is 18.4 Å². The number of fused-ring (bicyclic) bond motifs is 1. The summed E-state index contributed by atoms with van der Waals surface area (Å²) in [5.74, 6) is -0.369. The molecule has 170 valence electrons. The van der Waals surface area contributed by atoms with E-state index in [4.69, 9.17) is 28.9 Å². The zero-order valence-corrected chi connectivity index (χ0v) is 18.9. The van der Waals surface area contributed by atoms with Crippen LogP contribution >= 0.6 is 23.2 Å². The highest BCUT2D eigenvalue weighted by molar-refractivity contribution is 6.42. The maximum atomic E-state index is 12.9. The molecule has 33 heavy (non-hydrogen) atoms. The molecule has 10 heteroatoms. The summed E-state index contributed by atoms with van der Waals surface area (Å²) in [4.78, 5) is 17.3. The van der Waals surface area contributed by atoms with Crippen LogP contribution in [0.25, 0.3) is 0 Å². The van der Waals surface area contributed by atoms with Crippen LogP contribution in [0, 0.1) is 5.21 Å². The third-order valence-electron chi connectivity index (χ3n) is 5.07. The van der Waals surface area contributed by atoms with E-state index in [0.29, 0.717) is 56.9 Å². The second-order valence-electron chi connectivity index (χ2n) is 7.35. The molecule has 1 unspecified atom stereocenters. The molecular formula is C23H21Cl2N6O2-. The lowest BCUT2D eigenvalue weighted by molar-refractivity contribution is -0.117. The third-order valence-corrected chi connectivity index (χ3v) is 5.81. The second-order valence-corrected chi connectivity index (χ2v) is 8.16. The topological polar surface area (TPSA) is 118 Å². The van der Waals surface area contributed by atoms with E-state index in [-0.39, 0.29) is 5.91 Å². The summed E-state index contributed by atoms with van der Waals surface area (Å²) < 4.78 is 0. The standard InChI is InChI=1S/C23H21Cl2N6O2/c24-18-10-5-14(13-19(18)25)17(11-12-26)22(32)27-15-6-8-16(9-7-15)28-23-29-20-3-1-2-4-21(20)31(33)30-23/h1-10,13,17H,11-12,26H2,(H,27,32)(H2,28,29,30)/q-1. The highest BCUT2D eigenvalue weighted by Crippen LogP contribution is 2.30. The second kappa shape index (κ2) is 10.1. The van der Waals surface area contributed by atoms with Crippen LogP contribution in [-0.2, 0) is 4.79 Å². The molecule has 1 atom stereocenters. The number of aliphatic imine (C=N–C) groups is 1. The predicted molar refractivity (Wildman–Crippen MR) is 134 cm³/mol. The van der Waals surface area contributed by atoms with Crippen LogP contribution in [0.4, 0.5) is 22.7 Å². The molecule has 1 aliphatic rings. The number of guanidine groups is 1. The number of carbonyl (C=O) groups excluding carboxylic acids is 1. The Kier molecular flexibility index (Phi) is 7.00. The minimum absolute atomic E-state index is 0.198. The molecule has 1 aliphatic heterocycles. The van der Waals surface area contributed by atoms with E-state index in [1.54, 1.807) is 60.7 Å². The molecule has 8 nitrogen and oxygen atoms in total. The smallest absolute Gasteiger partial charge is 0.231 e. The van der Waals surface area contributed by atoms with Gasteiger partial charge < -0.3 is 26.7 Å². The maximum Gasteiger partial charge on any atom is 0.231 e. The van der Waals surface area contributed by atoms with Gasteiger partial charge >= 0.3 is 0 Å². The number of para-hydroxylation sites is 2. The molecule has 1 amide bonds. The van der Waals surface area contributed by atoms with Crippen molar-refractivity contribution in [2.24, 2.45) is 10.7 Å². The number of benzene rings is 3. The maximum absolute atomic E-state index is 12.9. The first-order valence-electron chi connectivity index (χ1n) is 10.2. The van der Waals surface area contributed by atoms with E-state index in [1.807, 2.05) is 6.07 Å². The Hall–Kier alpha value is -3.30. The molecule has 3 aromatic rings. The Morgan fingerprint density at radius 1 is 1.06 bits per heavy atom. The Labute approximate surface area is 200 Å². The fraction of sp³-hybridized carbons (Fsp3) is 0.130. The Morgan fingerprint density at radius 3 is 2.52 bits per heavy atom. The summed E-state index contributed by atoms with van der Waals surface area (Å²) in [6.07, 6.45) is 0.460. The molecule has 0 aliphatic carbocycles. The lowest BCUT2D eigenvalue weighted by Crippen LogP contribution is -2.44. The van der Waals surface area contributed by atoms with E-state index in [0.717, 1.165) is 5.56 Å². The summed E-state index contributed by atoms with van der Waals surface area (Å²) in [5.41, 5.74) is 11.4. The molecular weight excluding hydrogens is 463 g/mol. The zero-order chi connectivity index (χ0) is 23.4. The van der Waals surface area contributed by atoms with Crippen molar-refractivity contribution in [3.05, 3.63) is 87.5 Å². The van der Waals surface area contributed by atoms with Gasteiger partial charge in [0.2, 0.25) is 11.9 Å². The molecule has 0 radical (unpaired) electrons. The van der Waals surface area contributed by atoms with Crippen molar-refractivity contribution < 1.29 is 4.79 Å². The number of rotatable bonds is 6. The van der Waals surface area contributed by atoms with Crippen LogP contribution in [0.5, 0.6) is 0 Å². The largest absolute Gasteiger partial charge is 0.739 e. The van der Waals surface area contributed by atoms with E-state index in [1.165, 1.54) is 0 Å². The van der Waals surface area contributed by atoms with Gasteiger partial charge in [0, 0.05) is 11.4 Å². The van der Waals surface area contributed by atoms with Crippen molar-refractivity contribution in [1.29, 1.82) is 0 Å². The quantitative estimate of drug-likeness (QED) is 0.392. The number of nitrogens with two attached hydrogens (primary N) is 1. The SMILES string of the molecule is NCCC(C(=O)Nc1ccc(NC2=Nc3ccccc3N([O-])N2)cc1)c1ccc(Cl)c(Cl)c1. The molecule has 0 fully saturated rings. The van der Waals surface area contributed by atoms with Gasteiger partial charge in [0.15, 0.2) is 0 Å². The van der Waals surface area contributed by atoms with Crippen molar-refractivity contribution in [3.63, 3.8) is 0 Å². The molecule has 0 spiro atoms. The van der Waals surface area contributed by atoms with Crippen molar-refractivity contribution in [2.45, 2.75) is 12.3 Å². The number of nitrogens with one attached hydrogen (secondary N) is 3. The average molecular weight is 484 g/mol. The van der Waals surface area contributed by atoms with Crippen LogP contribution in [0.3, 0.4) is 0 Å². The predicted octanol–water partition coefficient (Wildman–Crippen LogP) is 4.99. The normalized spacial score (nSPS) is 13.5. The molecule has 5 N–H and O–H groups in total. The Bertz CT molecular complexity index is 1190. The van der Waals surface area contributed by atoms with Gasteiger partial charge in [0.25, 0.3) is 0 Å². The van der Waals surface area contributed by atoms with Gasteiger partial charge in [0.1, 0.15) is 0 Å². The molecule has 4 rings (SSSR count). The number of carbonyl (C=O) groups is 1. The highest BCUT2D eigenvalue weighted by atomic mass is 35.5. The van der Waals surface area contributed by atoms with Gasteiger partial charge in [-0.05, 0) is 67.1 Å². The zero-order valence-electron chi connectivity index (χ0n) is 17.4. The first-order chi connectivity index (χ1) is 15.9. The lowest BCUT2D eigenvalue weighted by atomic mass is 9.94. The van der Waals surface area contributed by atoms with Gasteiger partial charge in [-0.2, -0.15) is 0 Å². The number of nitrogens with zero attached hydrogens (tertiary/aromatic N) is 2. The van der Waals surface area contributed by atoms with Crippen LogP contribution in [0.2, 0.25) is 10.0 Å². The van der Waals surface area contributed by atoms with E-state index in [2.05, 4.69) is 21.1 Å². The van der Waals surface area contributed by atoms with Crippen LogP contribution < -0.4 is 27.0 Å². The number of hydrogen-bond donors (Lipinski definition) is 4. The van der Waals surface area contributed by atoms with E-state index >= 15 is 0 Å². The number of amides is 1. The summed E-state index contributed by atoms with van der Waals surface area (Å²) in [5, 5.41) is 19.6. The summed E-state index contributed by atoms with van der Waals surface area (Å²) >= 11 is 12.1. The van der Waals surface area contributed by atoms with Crippen molar-refractivity contribution in [3.8, 4) is 0 Å². The first kappa shape index (κ1) is 22.9. The summed E-state index contributed by atoms with van der Waals surface area (Å²) in [6, 6.07) is 19.2. The molecule has 1 heterocycles. The molecule has 0 aromatic heterocycles. The highest BCUT2D eigenvalue weighted by Gasteiger charge is 2.21. The van der Waals surface area contributed by atoms with Crippen molar-refractivity contribution in [1.82, 2.24) is 5.43 Å². The average Bonchev–Trinajstić information content (AvgIpc) is 2.81. The van der Waals surface area contributed by atoms with E-state index in [9.17, 15) is 10.0 Å². The van der Waals surface area contributed by atoms with Crippen LogP contribution in [0.15, 0.2) is 71.7 Å². The first-order valence-corrected chi connectivity index (χ1v) is 10.9. The Morgan fingerprint density at radius 2 is 1.79 bits per heavy atom.